The lowest BCUT2D eigenvalue weighted by Gasteiger charge is -2.05. The molecule has 1 aromatic rings. The van der Waals surface area contributed by atoms with Gasteiger partial charge in [-0.25, -0.2) is 0 Å². The van der Waals surface area contributed by atoms with E-state index in [1.54, 1.807) is 0 Å². The topological polar surface area (TPSA) is 0 Å². The Morgan fingerprint density at radius 1 is 1.08 bits per heavy atom. The minimum Gasteiger partial charge on any atom is -0.166 e. The number of hydrogen-bond donors (Lipinski definition) is 0. The molecule has 1 rings (SSSR count). The zero-order valence-corrected chi connectivity index (χ0v) is 7.30. The van der Waals surface area contributed by atoms with Crippen molar-refractivity contribution in [3.8, 4) is 0 Å². The number of alkyl halides is 3. The monoisotopic (exact) mass is 212 g/mol. The Morgan fingerprint density at radius 2 is 1.58 bits per heavy atom. The fourth-order valence-corrected chi connectivity index (χ4v) is 1.24. The molecular weight excluding hydrogens is 209 g/mol. The maximum Gasteiger partial charge on any atom is 0.416 e. The molecule has 5 heteroatoms. The molecule has 0 aliphatic heterocycles. The molecule has 0 aliphatic rings. The van der Waals surface area contributed by atoms with Crippen molar-refractivity contribution < 1.29 is 13.2 Å². The fourth-order valence-electron chi connectivity index (χ4n) is 0.695. The van der Waals surface area contributed by atoms with Crippen LogP contribution in [0.5, 0.6) is 0 Å². The Kier molecular flexibility index (Phi) is 2.90. The first-order valence-electron chi connectivity index (χ1n) is 3.00. The van der Waals surface area contributed by atoms with Crippen LogP contribution in [0.4, 0.5) is 13.2 Å². The normalized spacial score (nSPS) is 11.7. The molecule has 0 amide bonds. The van der Waals surface area contributed by atoms with E-state index in [4.69, 9.17) is 10.7 Å². The van der Waals surface area contributed by atoms with Crippen molar-refractivity contribution >= 4 is 21.7 Å². The Bertz CT molecular complexity index is 254. The van der Waals surface area contributed by atoms with Crippen LogP contribution in [0.2, 0.25) is 0 Å². The molecule has 12 heavy (non-hydrogen) atoms. The summed E-state index contributed by atoms with van der Waals surface area (Å²) in [6.45, 7) is 0. The number of halogens is 4. The highest BCUT2D eigenvalue weighted by molar-refractivity contribution is 8.21. The first-order chi connectivity index (χ1) is 5.54. The predicted octanol–water partition coefficient (Wildman–Crippen LogP) is 3.95. The number of hydrogen-bond acceptors (Lipinski definition) is 1. The average Bonchev–Trinajstić information content (AvgIpc) is 2.03. The molecule has 0 radical (unpaired) electrons. The first kappa shape index (κ1) is 9.74. The number of rotatable bonds is 1. The van der Waals surface area contributed by atoms with Crippen molar-refractivity contribution in [2.24, 2.45) is 0 Å². The maximum atomic E-state index is 12.0. The highest BCUT2D eigenvalue weighted by Crippen LogP contribution is 2.31. The van der Waals surface area contributed by atoms with Crippen molar-refractivity contribution in [1.82, 2.24) is 0 Å². The molecule has 0 atom stereocenters. The summed E-state index contributed by atoms with van der Waals surface area (Å²) in [6, 6.07) is 4.68. The van der Waals surface area contributed by atoms with Crippen LogP contribution in [0.3, 0.4) is 0 Å². The van der Waals surface area contributed by atoms with Crippen molar-refractivity contribution in [3.63, 3.8) is 0 Å². The zero-order chi connectivity index (χ0) is 9.19. The molecule has 0 bridgehead atoms. The lowest BCUT2D eigenvalue weighted by molar-refractivity contribution is -0.137. The molecule has 1 aromatic carbocycles. The van der Waals surface area contributed by atoms with Gasteiger partial charge in [-0.2, -0.15) is 13.2 Å². The van der Waals surface area contributed by atoms with E-state index in [-0.39, 0.29) is 0 Å². The third-order valence-electron chi connectivity index (χ3n) is 1.27. The summed E-state index contributed by atoms with van der Waals surface area (Å²) in [7, 11) is 6.22. The molecule has 0 fully saturated rings. The average molecular weight is 213 g/mol. The zero-order valence-electron chi connectivity index (χ0n) is 5.73. The van der Waals surface area contributed by atoms with Crippen LogP contribution in [0.1, 0.15) is 5.56 Å². The van der Waals surface area contributed by atoms with Crippen LogP contribution in [-0.4, -0.2) is 0 Å². The summed E-state index contributed by atoms with van der Waals surface area (Å²) < 4.78 is 36.0. The van der Waals surface area contributed by atoms with Crippen LogP contribution in [-0.2, 0) is 6.18 Å². The van der Waals surface area contributed by atoms with E-state index < -0.39 is 11.7 Å². The SMILES string of the molecule is FC(F)(F)c1ccc(SCl)cc1. The molecule has 0 aliphatic carbocycles. The Morgan fingerprint density at radius 3 is 1.92 bits per heavy atom. The summed E-state index contributed by atoms with van der Waals surface area (Å²) in [4.78, 5) is 0.602. The van der Waals surface area contributed by atoms with Gasteiger partial charge in [-0.15, -0.1) is 0 Å². The smallest absolute Gasteiger partial charge is 0.166 e. The van der Waals surface area contributed by atoms with Gasteiger partial charge in [0, 0.05) is 4.90 Å². The second-order valence-electron chi connectivity index (χ2n) is 2.10. The van der Waals surface area contributed by atoms with Gasteiger partial charge in [-0.1, -0.05) is 0 Å². The molecule has 0 nitrogen and oxygen atoms in total. The van der Waals surface area contributed by atoms with Crippen LogP contribution in [0, 0.1) is 0 Å². The minimum absolute atomic E-state index is 0.602. The Hall–Kier alpha value is -0.350. The maximum absolute atomic E-state index is 12.0. The van der Waals surface area contributed by atoms with Crippen molar-refractivity contribution in [2.45, 2.75) is 11.1 Å². The van der Waals surface area contributed by atoms with Crippen LogP contribution in [0.15, 0.2) is 29.2 Å². The van der Waals surface area contributed by atoms with Gasteiger partial charge in [-0.3, -0.25) is 0 Å². The lowest BCUT2D eigenvalue weighted by Crippen LogP contribution is -2.03. The molecule has 0 spiro atoms. The standard InChI is InChI=1S/C7H4ClF3S/c8-12-6-3-1-5(2-4-6)7(9,10)11/h1-4H. The van der Waals surface area contributed by atoms with Crippen molar-refractivity contribution in [1.29, 1.82) is 0 Å². The van der Waals surface area contributed by atoms with Gasteiger partial charge in [0.2, 0.25) is 0 Å². The third-order valence-corrected chi connectivity index (χ3v) is 2.26. The number of benzene rings is 1. The van der Waals surface area contributed by atoms with Crippen LogP contribution < -0.4 is 0 Å². The van der Waals surface area contributed by atoms with Gasteiger partial charge in [0.15, 0.2) is 0 Å². The molecule has 0 unspecified atom stereocenters. The molecule has 0 heterocycles. The van der Waals surface area contributed by atoms with E-state index in [1.165, 1.54) is 12.1 Å². The highest BCUT2D eigenvalue weighted by atomic mass is 35.7. The van der Waals surface area contributed by atoms with Gasteiger partial charge in [0.05, 0.1) is 5.56 Å². The van der Waals surface area contributed by atoms with E-state index >= 15 is 0 Å². The van der Waals surface area contributed by atoms with Crippen LogP contribution >= 0.6 is 21.7 Å². The molecule has 0 N–H and O–H groups in total. The van der Waals surface area contributed by atoms with E-state index in [1.807, 2.05) is 0 Å². The van der Waals surface area contributed by atoms with Gasteiger partial charge in [0.1, 0.15) is 0 Å². The summed E-state index contributed by atoms with van der Waals surface area (Å²) >= 11 is 0. The van der Waals surface area contributed by atoms with Crippen molar-refractivity contribution in [2.75, 3.05) is 0 Å². The highest BCUT2D eigenvalue weighted by Gasteiger charge is 2.29. The molecule has 0 saturated carbocycles. The van der Waals surface area contributed by atoms with Crippen molar-refractivity contribution in [3.05, 3.63) is 29.8 Å². The summed E-state index contributed by atoms with van der Waals surface area (Å²) in [5.41, 5.74) is -0.656. The summed E-state index contributed by atoms with van der Waals surface area (Å²) in [5.74, 6) is 0. The van der Waals surface area contributed by atoms with E-state index in [0.717, 1.165) is 23.1 Å². The van der Waals surface area contributed by atoms with E-state index in [9.17, 15) is 13.2 Å². The Labute approximate surface area is 76.2 Å². The molecule has 66 valence electrons. The lowest BCUT2D eigenvalue weighted by atomic mass is 10.2. The van der Waals surface area contributed by atoms with Gasteiger partial charge >= 0.3 is 6.18 Å². The second kappa shape index (κ2) is 3.58. The Balaban J connectivity index is 2.93. The summed E-state index contributed by atoms with van der Waals surface area (Å²) in [5, 5.41) is 0. The molecular formula is C7H4ClF3S. The largest absolute Gasteiger partial charge is 0.416 e. The van der Waals surface area contributed by atoms with Gasteiger partial charge in [-0.05, 0) is 45.9 Å². The van der Waals surface area contributed by atoms with E-state index in [2.05, 4.69) is 0 Å². The molecule has 0 aromatic heterocycles. The minimum atomic E-state index is -4.27. The van der Waals surface area contributed by atoms with E-state index in [0.29, 0.717) is 4.90 Å². The fraction of sp³-hybridized carbons (Fsp3) is 0.143. The second-order valence-corrected chi connectivity index (χ2v) is 3.19. The predicted molar refractivity (Wildman–Crippen MR) is 43.2 cm³/mol. The summed E-state index contributed by atoms with van der Waals surface area (Å²) in [6.07, 6.45) is -4.27. The third kappa shape index (κ3) is 2.32. The van der Waals surface area contributed by atoms with Crippen LogP contribution in [0.25, 0.3) is 0 Å². The quantitative estimate of drug-likeness (QED) is 0.679. The van der Waals surface area contributed by atoms with Gasteiger partial charge in [0.25, 0.3) is 0 Å². The first-order valence-corrected chi connectivity index (χ1v) is 4.64. The molecule has 0 saturated heterocycles. The van der Waals surface area contributed by atoms with Gasteiger partial charge < -0.3 is 0 Å².